The van der Waals surface area contributed by atoms with E-state index in [0.29, 0.717) is 5.56 Å². The lowest BCUT2D eigenvalue weighted by molar-refractivity contribution is 0.591. The molecule has 0 saturated carbocycles. The SMILES string of the molecule is CC(C)(C)c1ccc2c(c1)c1c(n2-c2cccc(-c3cc(C#N)cc(-n4c5c(c6cc(C(C)(C)C)ccc64)C=CCC5)c3)c2)CCC=C1. The number of nitriles is 1. The van der Waals surface area contributed by atoms with Crippen molar-refractivity contribution in [1.29, 1.82) is 5.26 Å². The first-order valence-electron chi connectivity index (χ1n) is 17.4. The third-order valence-electron chi connectivity index (χ3n) is 10.4. The Kier molecular flexibility index (Phi) is 6.93. The summed E-state index contributed by atoms with van der Waals surface area (Å²) in [4.78, 5) is 0. The second-order valence-corrected chi connectivity index (χ2v) is 15.7. The first-order chi connectivity index (χ1) is 23.0. The Bertz CT molecular complexity index is 2370. The van der Waals surface area contributed by atoms with Crippen molar-refractivity contribution in [2.24, 2.45) is 0 Å². The van der Waals surface area contributed by atoms with Crippen LogP contribution in [0.2, 0.25) is 0 Å². The quantitative estimate of drug-likeness (QED) is 0.193. The lowest BCUT2D eigenvalue weighted by Crippen LogP contribution is -2.10. The van der Waals surface area contributed by atoms with Crippen LogP contribution in [-0.4, -0.2) is 9.13 Å². The molecule has 0 N–H and O–H groups in total. The van der Waals surface area contributed by atoms with E-state index < -0.39 is 0 Å². The van der Waals surface area contributed by atoms with Gasteiger partial charge in [-0.05, 0) is 113 Å². The van der Waals surface area contributed by atoms with E-state index >= 15 is 0 Å². The Morgan fingerprint density at radius 3 is 1.67 bits per heavy atom. The lowest BCUT2D eigenvalue weighted by atomic mass is 9.86. The van der Waals surface area contributed by atoms with Crippen LogP contribution in [0, 0.1) is 11.3 Å². The molecule has 4 aromatic carbocycles. The van der Waals surface area contributed by atoms with Crippen molar-refractivity contribution in [2.75, 3.05) is 0 Å². The Morgan fingerprint density at radius 2 is 1.12 bits per heavy atom. The van der Waals surface area contributed by atoms with Gasteiger partial charge in [-0.25, -0.2) is 0 Å². The summed E-state index contributed by atoms with van der Waals surface area (Å²) in [5, 5.41) is 12.9. The Labute approximate surface area is 284 Å². The van der Waals surface area contributed by atoms with Crippen molar-refractivity contribution in [3.05, 3.63) is 130 Å². The minimum atomic E-state index is 0.0654. The highest BCUT2D eigenvalue weighted by Gasteiger charge is 2.24. The van der Waals surface area contributed by atoms with Crippen molar-refractivity contribution in [3.63, 3.8) is 0 Å². The fourth-order valence-corrected chi connectivity index (χ4v) is 7.76. The van der Waals surface area contributed by atoms with Gasteiger partial charge < -0.3 is 9.13 Å². The molecule has 0 amide bonds. The van der Waals surface area contributed by atoms with E-state index in [0.717, 1.165) is 48.2 Å². The summed E-state index contributed by atoms with van der Waals surface area (Å²) in [6.45, 7) is 13.7. The summed E-state index contributed by atoms with van der Waals surface area (Å²) in [6.07, 6.45) is 13.3. The molecule has 8 rings (SSSR count). The molecule has 48 heavy (non-hydrogen) atoms. The number of hydrogen-bond acceptors (Lipinski definition) is 1. The molecule has 0 fully saturated rings. The Balaban J connectivity index is 1.30. The molecule has 6 aromatic rings. The highest BCUT2D eigenvalue weighted by Crippen LogP contribution is 2.40. The zero-order chi connectivity index (χ0) is 33.4. The van der Waals surface area contributed by atoms with Gasteiger partial charge in [0.2, 0.25) is 0 Å². The fourth-order valence-electron chi connectivity index (χ4n) is 7.76. The molecule has 2 heterocycles. The van der Waals surface area contributed by atoms with Gasteiger partial charge in [-0.3, -0.25) is 0 Å². The lowest BCUT2D eigenvalue weighted by Gasteiger charge is -2.19. The predicted molar refractivity (Wildman–Crippen MR) is 202 cm³/mol. The second kappa shape index (κ2) is 11.0. The molecule has 0 radical (unpaired) electrons. The van der Waals surface area contributed by atoms with Crippen molar-refractivity contribution in [1.82, 2.24) is 9.13 Å². The Morgan fingerprint density at radius 1 is 0.583 bits per heavy atom. The predicted octanol–water partition coefficient (Wildman–Crippen LogP) is 11.6. The highest BCUT2D eigenvalue weighted by molar-refractivity contribution is 5.95. The largest absolute Gasteiger partial charge is 0.313 e. The molecule has 0 saturated heterocycles. The van der Waals surface area contributed by atoms with Crippen LogP contribution in [0.15, 0.2) is 91.0 Å². The normalized spacial score (nSPS) is 14.4. The number of aromatic nitrogens is 2. The summed E-state index contributed by atoms with van der Waals surface area (Å²) in [6, 6.07) is 31.7. The van der Waals surface area contributed by atoms with Crippen LogP contribution >= 0.6 is 0 Å². The van der Waals surface area contributed by atoms with E-state index in [-0.39, 0.29) is 10.8 Å². The molecule has 0 bridgehead atoms. The van der Waals surface area contributed by atoms with Gasteiger partial charge >= 0.3 is 0 Å². The van der Waals surface area contributed by atoms with Crippen molar-refractivity contribution < 1.29 is 0 Å². The van der Waals surface area contributed by atoms with Gasteiger partial charge in [-0.15, -0.1) is 0 Å². The van der Waals surface area contributed by atoms with Gasteiger partial charge in [-0.2, -0.15) is 5.26 Å². The van der Waals surface area contributed by atoms with Crippen LogP contribution in [0.5, 0.6) is 0 Å². The molecule has 0 unspecified atom stereocenters. The van der Waals surface area contributed by atoms with Gasteiger partial charge in [0.25, 0.3) is 0 Å². The average molecular weight is 626 g/mol. The highest BCUT2D eigenvalue weighted by atomic mass is 15.0. The molecule has 0 atom stereocenters. The number of allylic oxidation sites excluding steroid dienone is 2. The molecule has 3 heteroatoms. The molecule has 238 valence electrons. The van der Waals surface area contributed by atoms with E-state index in [2.05, 4.69) is 154 Å². The molecule has 3 nitrogen and oxygen atoms in total. The minimum Gasteiger partial charge on any atom is -0.313 e. The summed E-state index contributed by atoms with van der Waals surface area (Å²) in [5.74, 6) is 0. The van der Waals surface area contributed by atoms with E-state index in [1.807, 2.05) is 6.07 Å². The molecular formula is C45H43N3. The Hall–Kier alpha value is -5.07. The zero-order valence-electron chi connectivity index (χ0n) is 29.0. The maximum absolute atomic E-state index is 10.3. The summed E-state index contributed by atoms with van der Waals surface area (Å²) in [5.41, 5.74) is 15.7. The van der Waals surface area contributed by atoms with Crippen LogP contribution in [-0.2, 0) is 23.7 Å². The number of nitrogens with zero attached hydrogens (tertiary/aromatic N) is 3. The van der Waals surface area contributed by atoms with Crippen molar-refractivity contribution in [3.8, 4) is 28.6 Å². The van der Waals surface area contributed by atoms with E-state index in [9.17, 15) is 5.26 Å². The van der Waals surface area contributed by atoms with E-state index in [4.69, 9.17) is 0 Å². The van der Waals surface area contributed by atoms with Crippen LogP contribution in [0.4, 0.5) is 0 Å². The number of benzene rings is 4. The van der Waals surface area contributed by atoms with Crippen LogP contribution in [0.25, 0.3) is 56.5 Å². The summed E-state index contributed by atoms with van der Waals surface area (Å²) < 4.78 is 4.87. The van der Waals surface area contributed by atoms with Crippen LogP contribution < -0.4 is 0 Å². The fraction of sp³-hybridized carbons (Fsp3) is 0.267. The first kappa shape index (κ1) is 30.3. The number of rotatable bonds is 3. The van der Waals surface area contributed by atoms with Gasteiger partial charge in [0, 0.05) is 44.7 Å². The van der Waals surface area contributed by atoms with Gasteiger partial charge in [0.15, 0.2) is 0 Å². The first-order valence-corrected chi connectivity index (χ1v) is 17.4. The van der Waals surface area contributed by atoms with E-state index in [1.54, 1.807) is 0 Å². The standard InChI is InChI=1S/C45H43N3/c1-44(2,3)32-18-20-42-38(26-32)36-14-7-9-16-40(36)47(42)34-13-11-12-30(24-34)31-22-29(28-46)23-35(25-31)48-41-17-10-8-15-37(41)39-27-33(45(4,5)6)19-21-43(39)48/h7-8,11-15,18-27H,9-10,16-17H2,1-6H3. The monoisotopic (exact) mass is 625 g/mol. The number of hydrogen-bond donors (Lipinski definition) is 0. The van der Waals surface area contributed by atoms with Gasteiger partial charge in [-0.1, -0.05) is 90.1 Å². The molecule has 2 aliphatic rings. The molecule has 2 aliphatic carbocycles. The maximum atomic E-state index is 10.3. The molecule has 2 aromatic heterocycles. The maximum Gasteiger partial charge on any atom is 0.0992 e. The number of fused-ring (bicyclic) bond motifs is 6. The van der Waals surface area contributed by atoms with Gasteiger partial charge in [0.05, 0.1) is 22.7 Å². The van der Waals surface area contributed by atoms with Crippen LogP contribution in [0.3, 0.4) is 0 Å². The third-order valence-corrected chi connectivity index (χ3v) is 10.4. The topological polar surface area (TPSA) is 33.6 Å². The van der Waals surface area contributed by atoms with Crippen molar-refractivity contribution in [2.45, 2.75) is 78.1 Å². The molecule has 0 spiro atoms. The van der Waals surface area contributed by atoms with Gasteiger partial charge in [0.1, 0.15) is 0 Å². The second-order valence-electron chi connectivity index (χ2n) is 15.7. The van der Waals surface area contributed by atoms with Crippen LogP contribution in [0.1, 0.15) is 93.6 Å². The molecular weight excluding hydrogens is 583 g/mol. The van der Waals surface area contributed by atoms with Crippen molar-refractivity contribution >= 4 is 34.0 Å². The molecule has 0 aliphatic heterocycles. The summed E-state index contributed by atoms with van der Waals surface area (Å²) in [7, 11) is 0. The minimum absolute atomic E-state index is 0.0654. The van der Waals surface area contributed by atoms with E-state index in [1.165, 1.54) is 55.4 Å². The average Bonchev–Trinajstić information content (AvgIpc) is 3.59. The summed E-state index contributed by atoms with van der Waals surface area (Å²) >= 11 is 0. The third kappa shape index (κ3) is 4.94. The smallest absolute Gasteiger partial charge is 0.0992 e. The zero-order valence-corrected chi connectivity index (χ0v) is 29.0.